The first-order valence-electron chi connectivity index (χ1n) is 10.2. The van der Waals surface area contributed by atoms with Crippen LogP contribution >= 0.6 is 0 Å². The summed E-state index contributed by atoms with van der Waals surface area (Å²) < 4.78 is 0. The van der Waals surface area contributed by atoms with Crippen molar-refractivity contribution < 1.29 is 9.59 Å². The third-order valence-electron chi connectivity index (χ3n) is 6.54. The molecular weight excluding hydrogens is 340 g/mol. The highest BCUT2D eigenvalue weighted by Gasteiger charge is 2.41. The number of imide groups is 1. The highest BCUT2D eigenvalue weighted by atomic mass is 16.2. The fraction of sp³-hybridized carbons (Fsp3) is 0.619. The smallest absolute Gasteiger partial charge is 0.324 e. The average Bonchev–Trinajstić information content (AvgIpc) is 3.16. The molecule has 27 heavy (non-hydrogen) atoms. The second kappa shape index (κ2) is 7.60. The Morgan fingerprint density at radius 2 is 1.67 bits per heavy atom. The first kappa shape index (κ1) is 18.4. The zero-order valence-corrected chi connectivity index (χ0v) is 16.2. The summed E-state index contributed by atoms with van der Waals surface area (Å²) in [6, 6.07) is 10.1. The van der Waals surface area contributed by atoms with Crippen molar-refractivity contribution in [1.29, 1.82) is 0 Å². The minimum atomic E-state index is -0.379. The van der Waals surface area contributed by atoms with Crippen LogP contribution in [0.15, 0.2) is 30.3 Å². The van der Waals surface area contributed by atoms with E-state index in [4.69, 9.17) is 0 Å². The molecule has 0 bridgehead atoms. The Morgan fingerprint density at radius 1 is 1.00 bits per heavy atom. The van der Waals surface area contributed by atoms with Gasteiger partial charge in [0.1, 0.15) is 6.04 Å². The zero-order valence-electron chi connectivity index (χ0n) is 16.2. The molecule has 1 aromatic carbocycles. The van der Waals surface area contributed by atoms with E-state index in [1.807, 2.05) is 0 Å². The maximum Gasteiger partial charge on any atom is 0.324 e. The standard InChI is InChI=1S/C21H30N4O2/c1-17-19(26)25(20(27)22-17)14-13-23-10-7-21(8-11-23)9-12-24(16-21)15-18-5-3-2-4-6-18/h2-6,17H,7-16H2,1H3,(H,22,27). The van der Waals surface area contributed by atoms with Gasteiger partial charge in [0.2, 0.25) is 0 Å². The minimum Gasteiger partial charge on any atom is -0.326 e. The van der Waals surface area contributed by atoms with Crippen LogP contribution in [0.3, 0.4) is 0 Å². The van der Waals surface area contributed by atoms with Gasteiger partial charge < -0.3 is 10.2 Å². The van der Waals surface area contributed by atoms with Gasteiger partial charge in [-0.15, -0.1) is 0 Å². The topological polar surface area (TPSA) is 55.9 Å². The average molecular weight is 370 g/mol. The molecule has 3 heterocycles. The first-order valence-corrected chi connectivity index (χ1v) is 10.2. The molecule has 0 aromatic heterocycles. The number of benzene rings is 1. The number of carbonyl (C=O) groups is 2. The Kier molecular flexibility index (Phi) is 5.19. The van der Waals surface area contributed by atoms with Crippen molar-refractivity contribution in [3.05, 3.63) is 35.9 Å². The van der Waals surface area contributed by atoms with Gasteiger partial charge >= 0.3 is 6.03 Å². The Morgan fingerprint density at radius 3 is 2.30 bits per heavy atom. The molecular formula is C21H30N4O2. The Hall–Kier alpha value is -1.92. The number of nitrogens with one attached hydrogen (secondary N) is 1. The molecule has 4 rings (SSSR count). The largest absolute Gasteiger partial charge is 0.326 e. The summed E-state index contributed by atoms with van der Waals surface area (Å²) in [5.41, 5.74) is 1.86. The van der Waals surface area contributed by atoms with Gasteiger partial charge in [0.15, 0.2) is 0 Å². The van der Waals surface area contributed by atoms with Crippen molar-refractivity contribution in [1.82, 2.24) is 20.0 Å². The van der Waals surface area contributed by atoms with Crippen molar-refractivity contribution in [3.63, 3.8) is 0 Å². The maximum absolute atomic E-state index is 12.0. The lowest BCUT2D eigenvalue weighted by Crippen LogP contribution is -2.45. The molecule has 6 heteroatoms. The number of hydrogen-bond donors (Lipinski definition) is 1. The second-order valence-corrected chi connectivity index (χ2v) is 8.45. The number of piperidine rings is 1. The van der Waals surface area contributed by atoms with Crippen molar-refractivity contribution in [2.45, 2.75) is 38.8 Å². The molecule has 1 N–H and O–H groups in total. The summed E-state index contributed by atoms with van der Waals surface area (Å²) in [5, 5.41) is 2.68. The van der Waals surface area contributed by atoms with Crippen molar-refractivity contribution in [3.8, 4) is 0 Å². The maximum atomic E-state index is 12.0. The molecule has 1 aromatic rings. The monoisotopic (exact) mass is 370 g/mol. The van der Waals surface area contributed by atoms with Crippen LogP contribution in [0.25, 0.3) is 0 Å². The molecule has 1 atom stereocenters. The highest BCUT2D eigenvalue weighted by molar-refractivity contribution is 6.03. The van der Waals surface area contributed by atoms with Gasteiger partial charge in [-0.05, 0) is 56.8 Å². The molecule has 0 saturated carbocycles. The summed E-state index contributed by atoms with van der Waals surface area (Å²) >= 11 is 0. The quantitative estimate of drug-likeness (QED) is 0.805. The van der Waals surface area contributed by atoms with Gasteiger partial charge in [-0.2, -0.15) is 0 Å². The molecule has 1 unspecified atom stereocenters. The number of carbonyl (C=O) groups excluding carboxylic acids is 2. The molecule has 146 valence electrons. The molecule has 6 nitrogen and oxygen atoms in total. The van der Waals surface area contributed by atoms with E-state index < -0.39 is 0 Å². The van der Waals surface area contributed by atoms with E-state index in [9.17, 15) is 9.59 Å². The SMILES string of the molecule is CC1NC(=O)N(CCN2CCC3(CC2)CCN(Cc2ccccc2)C3)C1=O. The molecule has 0 aliphatic carbocycles. The van der Waals surface area contributed by atoms with Crippen molar-refractivity contribution in [2.24, 2.45) is 5.41 Å². The first-order chi connectivity index (χ1) is 13.0. The number of hydrogen-bond acceptors (Lipinski definition) is 4. The predicted molar refractivity (Wildman–Crippen MR) is 104 cm³/mol. The Balaban J connectivity index is 1.23. The summed E-state index contributed by atoms with van der Waals surface area (Å²) in [6.07, 6.45) is 3.72. The molecule has 3 aliphatic heterocycles. The van der Waals surface area contributed by atoms with Crippen LogP contribution < -0.4 is 5.32 Å². The number of rotatable bonds is 5. The lowest BCUT2D eigenvalue weighted by Gasteiger charge is -2.39. The summed E-state index contributed by atoms with van der Waals surface area (Å²) in [6.45, 7) is 8.60. The fourth-order valence-corrected chi connectivity index (χ4v) is 4.78. The van der Waals surface area contributed by atoms with Crippen LogP contribution in [-0.2, 0) is 11.3 Å². The Labute approximate surface area is 161 Å². The van der Waals surface area contributed by atoms with Crippen LogP contribution in [0, 0.1) is 5.41 Å². The lowest BCUT2D eigenvalue weighted by atomic mass is 9.78. The fourth-order valence-electron chi connectivity index (χ4n) is 4.78. The van der Waals surface area contributed by atoms with Gasteiger partial charge in [0.25, 0.3) is 5.91 Å². The van der Waals surface area contributed by atoms with Crippen LogP contribution in [-0.4, -0.2) is 71.9 Å². The third-order valence-corrected chi connectivity index (χ3v) is 6.54. The van der Waals surface area contributed by atoms with E-state index >= 15 is 0 Å². The molecule has 3 saturated heterocycles. The zero-order chi connectivity index (χ0) is 18.9. The highest BCUT2D eigenvalue weighted by Crippen LogP contribution is 2.40. The summed E-state index contributed by atoms with van der Waals surface area (Å²) in [4.78, 5) is 30.2. The normalized spacial score (nSPS) is 26.1. The van der Waals surface area contributed by atoms with Gasteiger partial charge in [-0.1, -0.05) is 30.3 Å². The van der Waals surface area contributed by atoms with Crippen LogP contribution in [0.5, 0.6) is 0 Å². The van der Waals surface area contributed by atoms with Crippen molar-refractivity contribution in [2.75, 3.05) is 39.3 Å². The molecule has 1 spiro atoms. The number of amides is 3. The van der Waals surface area contributed by atoms with Crippen LogP contribution in [0.1, 0.15) is 31.7 Å². The van der Waals surface area contributed by atoms with Gasteiger partial charge in [-0.3, -0.25) is 14.6 Å². The predicted octanol–water partition coefficient (Wildman–Crippen LogP) is 1.91. The van der Waals surface area contributed by atoms with Crippen molar-refractivity contribution >= 4 is 11.9 Å². The van der Waals surface area contributed by atoms with Gasteiger partial charge in [0.05, 0.1) is 0 Å². The molecule has 3 amide bonds. The third kappa shape index (κ3) is 4.01. The van der Waals surface area contributed by atoms with Crippen LogP contribution in [0.2, 0.25) is 0 Å². The second-order valence-electron chi connectivity index (χ2n) is 8.45. The molecule has 3 aliphatic rings. The summed E-state index contributed by atoms with van der Waals surface area (Å²) in [7, 11) is 0. The van der Waals surface area contributed by atoms with E-state index in [0.29, 0.717) is 12.0 Å². The van der Waals surface area contributed by atoms with Gasteiger partial charge in [-0.25, -0.2) is 4.79 Å². The van der Waals surface area contributed by atoms with Crippen LogP contribution in [0.4, 0.5) is 4.79 Å². The van der Waals surface area contributed by atoms with E-state index in [0.717, 1.165) is 26.2 Å². The van der Waals surface area contributed by atoms with Gasteiger partial charge in [0, 0.05) is 26.2 Å². The van der Waals surface area contributed by atoms with E-state index in [2.05, 4.69) is 45.4 Å². The lowest BCUT2D eigenvalue weighted by molar-refractivity contribution is -0.127. The molecule has 0 radical (unpaired) electrons. The van der Waals surface area contributed by atoms with E-state index in [1.165, 1.54) is 42.8 Å². The number of nitrogens with zero attached hydrogens (tertiary/aromatic N) is 3. The summed E-state index contributed by atoms with van der Waals surface area (Å²) in [5.74, 6) is -0.0965. The number of likely N-dealkylation sites (tertiary alicyclic amines) is 2. The molecule has 3 fully saturated rings. The number of urea groups is 1. The van der Waals surface area contributed by atoms with E-state index in [1.54, 1.807) is 6.92 Å². The minimum absolute atomic E-state index is 0.0965. The Bertz CT molecular complexity index is 685. The van der Waals surface area contributed by atoms with E-state index in [-0.39, 0.29) is 18.0 Å².